The number of fused-ring (bicyclic) bond motifs is 1. The van der Waals surface area contributed by atoms with Gasteiger partial charge in [-0.2, -0.15) is 0 Å². The van der Waals surface area contributed by atoms with Gasteiger partial charge in [0.15, 0.2) is 0 Å². The van der Waals surface area contributed by atoms with Crippen molar-refractivity contribution in [2.75, 3.05) is 13.1 Å². The highest BCUT2D eigenvalue weighted by Gasteiger charge is 2.51. The summed E-state index contributed by atoms with van der Waals surface area (Å²) in [6.45, 7) is 1.42. The third kappa shape index (κ3) is 1.81. The van der Waals surface area contributed by atoms with E-state index in [4.69, 9.17) is 5.73 Å². The fraction of sp³-hybridized carbons (Fsp3) is 0.353. The Hall–Kier alpha value is -1.87. The van der Waals surface area contributed by atoms with Gasteiger partial charge < -0.3 is 10.6 Å². The number of amides is 1. The second-order valence-electron chi connectivity index (χ2n) is 6.23. The second-order valence-corrected chi connectivity index (χ2v) is 6.23. The molecule has 3 heteroatoms. The van der Waals surface area contributed by atoms with Crippen LogP contribution in [0.25, 0.3) is 10.8 Å². The lowest BCUT2D eigenvalue weighted by molar-refractivity contribution is 0.0351. The number of hydrogen-bond acceptors (Lipinski definition) is 2. The van der Waals surface area contributed by atoms with Gasteiger partial charge >= 0.3 is 0 Å². The first kappa shape index (κ1) is 11.9. The molecule has 20 heavy (non-hydrogen) atoms. The third-order valence-corrected chi connectivity index (χ3v) is 4.64. The van der Waals surface area contributed by atoms with Crippen LogP contribution in [-0.4, -0.2) is 29.4 Å². The van der Waals surface area contributed by atoms with Crippen molar-refractivity contribution < 1.29 is 4.79 Å². The largest absolute Gasteiger partial charge is 0.335 e. The van der Waals surface area contributed by atoms with E-state index < -0.39 is 0 Å². The average Bonchev–Trinajstić information content (AvgIpc) is 3.27. The number of nitrogens with two attached hydrogens (primary N) is 1. The maximum absolute atomic E-state index is 12.5. The minimum absolute atomic E-state index is 0.105. The minimum Gasteiger partial charge on any atom is -0.335 e. The Bertz CT molecular complexity index is 684. The number of nitrogens with zero attached hydrogens (tertiary/aromatic N) is 1. The highest BCUT2D eigenvalue weighted by atomic mass is 16.2. The summed E-state index contributed by atoms with van der Waals surface area (Å²) in [5.74, 6) is 0.751. The Morgan fingerprint density at radius 1 is 1.10 bits per heavy atom. The van der Waals surface area contributed by atoms with Crippen molar-refractivity contribution in [1.82, 2.24) is 4.90 Å². The Balaban J connectivity index is 1.55. The summed E-state index contributed by atoms with van der Waals surface area (Å²) in [7, 11) is 0. The van der Waals surface area contributed by atoms with Gasteiger partial charge in [0.25, 0.3) is 5.91 Å². The zero-order valence-electron chi connectivity index (χ0n) is 11.4. The van der Waals surface area contributed by atoms with Crippen molar-refractivity contribution in [2.45, 2.75) is 18.4 Å². The number of hydrogen-bond donors (Lipinski definition) is 1. The zero-order chi connectivity index (χ0) is 13.7. The van der Waals surface area contributed by atoms with Gasteiger partial charge in [0.2, 0.25) is 0 Å². The van der Waals surface area contributed by atoms with E-state index in [1.165, 1.54) is 18.2 Å². The fourth-order valence-corrected chi connectivity index (χ4v) is 3.23. The molecule has 2 aliphatic rings. The summed E-state index contributed by atoms with van der Waals surface area (Å²) in [4.78, 5) is 14.3. The minimum atomic E-state index is -0.105. The Morgan fingerprint density at radius 2 is 1.80 bits per heavy atom. The smallest absolute Gasteiger partial charge is 0.254 e. The van der Waals surface area contributed by atoms with E-state index >= 15 is 0 Å². The van der Waals surface area contributed by atoms with Crippen LogP contribution in [-0.2, 0) is 0 Å². The van der Waals surface area contributed by atoms with Crippen molar-refractivity contribution in [3.8, 4) is 0 Å². The van der Waals surface area contributed by atoms with E-state index in [0.717, 1.165) is 10.9 Å². The predicted octanol–water partition coefficient (Wildman–Crippen LogP) is 2.40. The zero-order valence-corrected chi connectivity index (χ0v) is 11.4. The number of likely N-dealkylation sites (tertiary alicyclic amines) is 1. The third-order valence-electron chi connectivity index (χ3n) is 4.64. The van der Waals surface area contributed by atoms with Gasteiger partial charge in [-0.1, -0.05) is 30.3 Å². The maximum Gasteiger partial charge on any atom is 0.254 e. The van der Waals surface area contributed by atoms with Gasteiger partial charge in [-0.15, -0.1) is 0 Å². The topological polar surface area (TPSA) is 46.3 Å². The SMILES string of the molecule is NC1(C2CC2)CN(C(=O)c2ccc3ccccc3c2)C1. The van der Waals surface area contributed by atoms with Crippen LogP contribution in [0.15, 0.2) is 42.5 Å². The van der Waals surface area contributed by atoms with E-state index in [9.17, 15) is 4.79 Å². The molecule has 4 rings (SSSR count). The van der Waals surface area contributed by atoms with Gasteiger partial charge in [-0.25, -0.2) is 0 Å². The van der Waals surface area contributed by atoms with Crippen LogP contribution in [0.3, 0.4) is 0 Å². The molecule has 2 fully saturated rings. The van der Waals surface area contributed by atoms with Crippen LogP contribution in [0.1, 0.15) is 23.2 Å². The Morgan fingerprint density at radius 3 is 2.50 bits per heavy atom. The maximum atomic E-state index is 12.5. The van der Waals surface area contributed by atoms with Crippen molar-refractivity contribution in [1.29, 1.82) is 0 Å². The fourth-order valence-electron chi connectivity index (χ4n) is 3.23. The monoisotopic (exact) mass is 266 g/mol. The lowest BCUT2D eigenvalue weighted by Crippen LogP contribution is -2.69. The number of benzene rings is 2. The molecule has 0 spiro atoms. The van der Waals surface area contributed by atoms with Crippen LogP contribution in [0.2, 0.25) is 0 Å². The van der Waals surface area contributed by atoms with Crippen molar-refractivity contribution >= 4 is 16.7 Å². The molecule has 1 heterocycles. The quantitative estimate of drug-likeness (QED) is 0.907. The molecule has 0 unspecified atom stereocenters. The van der Waals surface area contributed by atoms with E-state index in [1.54, 1.807) is 0 Å². The Labute approximate surface area is 118 Å². The van der Waals surface area contributed by atoms with Crippen LogP contribution < -0.4 is 5.73 Å². The molecule has 0 atom stereocenters. The molecule has 3 nitrogen and oxygen atoms in total. The van der Waals surface area contributed by atoms with Crippen molar-refractivity contribution in [2.24, 2.45) is 11.7 Å². The molecular weight excluding hydrogens is 248 g/mol. The molecule has 0 radical (unpaired) electrons. The van der Waals surface area contributed by atoms with E-state index in [2.05, 4.69) is 6.07 Å². The number of rotatable bonds is 2. The molecule has 102 valence electrons. The second kappa shape index (κ2) is 4.06. The first-order valence-corrected chi connectivity index (χ1v) is 7.23. The van der Waals surface area contributed by atoms with Crippen LogP contribution >= 0.6 is 0 Å². The van der Waals surface area contributed by atoms with Gasteiger partial charge in [-0.3, -0.25) is 4.79 Å². The highest BCUT2D eigenvalue weighted by Crippen LogP contribution is 2.43. The molecule has 2 aromatic rings. The summed E-state index contributed by atoms with van der Waals surface area (Å²) in [6, 6.07) is 14.0. The van der Waals surface area contributed by atoms with E-state index in [1.807, 2.05) is 41.3 Å². The molecule has 0 bridgehead atoms. The van der Waals surface area contributed by atoms with Gasteiger partial charge in [0.1, 0.15) is 0 Å². The Kier molecular flexibility index (Phi) is 2.42. The molecule has 1 aliphatic heterocycles. The van der Waals surface area contributed by atoms with E-state index in [0.29, 0.717) is 19.0 Å². The lowest BCUT2D eigenvalue weighted by atomic mass is 9.85. The van der Waals surface area contributed by atoms with Crippen LogP contribution in [0.4, 0.5) is 0 Å². The standard InChI is InChI=1S/C17H18N2O/c18-17(15-7-8-15)10-19(11-17)16(20)14-6-5-12-3-1-2-4-13(12)9-14/h1-6,9,15H,7-8,10-11,18H2. The van der Waals surface area contributed by atoms with Crippen LogP contribution in [0, 0.1) is 5.92 Å². The summed E-state index contributed by atoms with van der Waals surface area (Å²) in [5.41, 5.74) is 6.97. The first-order chi connectivity index (χ1) is 9.66. The average molecular weight is 266 g/mol. The van der Waals surface area contributed by atoms with Gasteiger partial charge in [-0.05, 0) is 41.7 Å². The summed E-state index contributed by atoms with van der Waals surface area (Å²) in [6.07, 6.45) is 2.46. The van der Waals surface area contributed by atoms with Crippen LogP contribution in [0.5, 0.6) is 0 Å². The van der Waals surface area contributed by atoms with Crippen molar-refractivity contribution in [3.63, 3.8) is 0 Å². The molecular formula is C17H18N2O. The summed E-state index contributed by atoms with van der Waals surface area (Å²) < 4.78 is 0. The molecule has 1 saturated heterocycles. The molecule has 1 saturated carbocycles. The number of carbonyl (C=O) groups excluding carboxylic acids is 1. The lowest BCUT2D eigenvalue weighted by Gasteiger charge is -2.48. The predicted molar refractivity (Wildman–Crippen MR) is 79.5 cm³/mol. The van der Waals surface area contributed by atoms with Gasteiger partial charge in [0.05, 0.1) is 5.54 Å². The summed E-state index contributed by atoms with van der Waals surface area (Å²) >= 11 is 0. The molecule has 2 N–H and O–H groups in total. The molecule has 2 aromatic carbocycles. The summed E-state index contributed by atoms with van der Waals surface area (Å²) in [5, 5.41) is 2.28. The number of carbonyl (C=O) groups is 1. The first-order valence-electron chi connectivity index (χ1n) is 7.23. The normalized spacial score (nSPS) is 20.8. The van der Waals surface area contributed by atoms with Crippen molar-refractivity contribution in [3.05, 3.63) is 48.0 Å². The van der Waals surface area contributed by atoms with E-state index in [-0.39, 0.29) is 11.4 Å². The highest BCUT2D eigenvalue weighted by molar-refractivity contribution is 5.99. The van der Waals surface area contributed by atoms with Gasteiger partial charge in [0, 0.05) is 18.7 Å². The molecule has 1 aliphatic carbocycles. The molecule has 1 amide bonds. The molecule has 0 aromatic heterocycles.